The van der Waals surface area contributed by atoms with Gasteiger partial charge in [0, 0.05) is 4.88 Å². The summed E-state index contributed by atoms with van der Waals surface area (Å²) in [4.78, 5) is 22.7. The molecule has 0 aliphatic heterocycles. The van der Waals surface area contributed by atoms with Crippen LogP contribution in [0.15, 0.2) is 0 Å². The molecule has 3 N–H and O–H groups in total. The molecule has 0 unspecified atom stereocenters. The van der Waals surface area contributed by atoms with E-state index in [0.29, 0.717) is 15.7 Å². The molecule has 2 heterocycles. The minimum absolute atomic E-state index is 0.0670. The van der Waals surface area contributed by atoms with Crippen molar-refractivity contribution in [2.45, 2.75) is 40.2 Å². The summed E-state index contributed by atoms with van der Waals surface area (Å²) in [5.74, 6) is -0.131. The van der Waals surface area contributed by atoms with E-state index in [1.54, 1.807) is 18.3 Å². The molecular weight excluding hydrogens is 292 g/mol. The molecule has 0 saturated carbocycles. The van der Waals surface area contributed by atoms with Gasteiger partial charge in [-0.1, -0.05) is 18.3 Å². The van der Waals surface area contributed by atoms with E-state index >= 15 is 0 Å². The van der Waals surface area contributed by atoms with Crippen LogP contribution in [0.4, 0.5) is 5.13 Å². The predicted molar refractivity (Wildman–Crippen MR) is 83.3 cm³/mol. The summed E-state index contributed by atoms with van der Waals surface area (Å²) in [7, 11) is 0. The van der Waals surface area contributed by atoms with Crippen molar-refractivity contribution < 1.29 is 4.79 Å². The van der Waals surface area contributed by atoms with Crippen LogP contribution >= 0.6 is 22.7 Å². The number of aryl methyl sites for hydroxylation is 3. The van der Waals surface area contributed by atoms with Crippen molar-refractivity contribution >= 4 is 33.7 Å². The van der Waals surface area contributed by atoms with Crippen LogP contribution in [-0.2, 0) is 0 Å². The first-order valence-corrected chi connectivity index (χ1v) is 8.03. The lowest BCUT2D eigenvalue weighted by atomic mass is 10.2. The molecule has 0 aliphatic rings. The van der Waals surface area contributed by atoms with E-state index in [2.05, 4.69) is 15.3 Å². The van der Waals surface area contributed by atoms with Crippen LogP contribution in [0.3, 0.4) is 0 Å². The van der Waals surface area contributed by atoms with Crippen molar-refractivity contribution in [2.24, 2.45) is 0 Å². The third-order valence-corrected chi connectivity index (χ3v) is 5.25. The van der Waals surface area contributed by atoms with Crippen LogP contribution in [0.25, 0.3) is 0 Å². The molecule has 0 saturated heterocycles. The monoisotopic (exact) mass is 310 g/mol. The minimum atomic E-state index is -0.131. The second kappa shape index (κ2) is 5.88. The number of carbonyl (C=O) groups is 1. The first kappa shape index (κ1) is 14.9. The molecule has 0 spiro atoms. The van der Waals surface area contributed by atoms with Crippen LogP contribution in [-0.4, -0.2) is 15.9 Å². The summed E-state index contributed by atoms with van der Waals surface area (Å²) in [5.41, 5.74) is 7.33. The summed E-state index contributed by atoms with van der Waals surface area (Å²) >= 11 is 2.85. The van der Waals surface area contributed by atoms with E-state index in [0.717, 1.165) is 17.1 Å². The van der Waals surface area contributed by atoms with E-state index < -0.39 is 0 Å². The fraction of sp³-hybridized carbons (Fsp3) is 0.462. The van der Waals surface area contributed by atoms with Gasteiger partial charge in [0.15, 0.2) is 5.13 Å². The van der Waals surface area contributed by atoms with Gasteiger partial charge in [-0.05, 0) is 27.2 Å². The largest absolute Gasteiger partial charge is 0.375 e. The van der Waals surface area contributed by atoms with Crippen molar-refractivity contribution in [3.63, 3.8) is 0 Å². The van der Waals surface area contributed by atoms with E-state index in [4.69, 9.17) is 5.73 Å². The van der Waals surface area contributed by atoms with Gasteiger partial charge >= 0.3 is 0 Å². The molecule has 5 nitrogen and oxygen atoms in total. The maximum atomic E-state index is 12.3. The van der Waals surface area contributed by atoms with E-state index in [1.807, 2.05) is 20.8 Å². The van der Waals surface area contributed by atoms with Crippen molar-refractivity contribution in [3.05, 3.63) is 26.1 Å². The van der Waals surface area contributed by atoms with Crippen LogP contribution < -0.4 is 11.1 Å². The Morgan fingerprint density at radius 1 is 1.25 bits per heavy atom. The highest BCUT2D eigenvalue weighted by Gasteiger charge is 2.21. The van der Waals surface area contributed by atoms with Gasteiger partial charge in [-0.3, -0.25) is 4.79 Å². The Morgan fingerprint density at radius 3 is 2.40 bits per heavy atom. The Balaban J connectivity index is 2.18. The lowest BCUT2D eigenvalue weighted by Crippen LogP contribution is -2.28. The summed E-state index contributed by atoms with van der Waals surface area (Å²) in [6.45, 7) is 7.85. The molecule has 0 fully saturated rings. The normalized spacial score (nSPS) is 12.4. The third-order valence-electron chi connectivity index (χ3n) is 3.08. The molecule has 7 heteroatoms. The van der Waals surface area contributed by atoms with Crippen molar-refractivity contribution in [1.82, 2.24) is 15.3 Å². The summed E-state index contributed by atoms with van der Waals surface area (Å²) < 4.78 is 0. The first-order chi connectivity index (χ1) is 9.42. The van der Waals surface area contributed by atoms with Gasteiger partial charge in [0.1, 0.15) is 9.88 Å². The Kier molecular flexibility index (Phi) is 4.39. The van der Waals surface area contributed by atoms with E-state index in [-0.39, 0.29) is 11.9 Å². The van der Waals surface area contributed by atoms with Gasteiger partial charge in [0.25, 0.3) is 5.91 Å². The molecule has 1 amide bonds. The van der Waals surface area contributed by atoms with Crippen LogP contribution in [0, 0.1) is 20.8 Å². The second-order valence-corrected chi connectivity index (χ2v) is 6.86. The van der Waals surface area contributed by atoms with Gasteiger partial charge in [-0.2, -0.15) is 0 Å². The minimum Gasteiger partial charge on any atom is -0.375 e. The predicted octanol–water partition coefficient (Wildman–Crippen LogP) is 2.99. The molecule has 2 aromatic rings. The highest BCUT2D eigenvalue weighted by Crippen LogP contribution is 2.26. The Morgan fingerprint density at radius 2 is 1.95 bits per heavy atom. The Bertz CT molecular complexity index is 613. The number of amides is 1. The van der Waals surface area contributed by atoms with Gasteiger partial charge in [-0.25, -0.2) is 9.97 Å². The fourth-order valence-electron chi connectivity index (χ4n) is 1.84. The van der Waals surface area contributed by atoms with Crippen LogP contribution in [0.5, 0.6) is 0 Å². The molecule has 0 aromatic carbocycles. The summed E-state index contributed by atoms with van der Waals surface area (Å²) in [6, 6.07) is -0.0670. The Labute approximate surface area is 126 Å². The lowest BCUT2D eigenvalue weighted by Gasteiger charge is -2.13. The van der Waals surface area contributed by atoms with E-state index in [1.165, 1.54) is 16.2 Å². The number of aromatic nitrogens is 2. The van der Waals surface area contributed by atoms with E-state index in [9.17, 15) is 4.79 Å². The second-order valence-electron chi connectivity index (χ2n) is 4.59. The number of nitrogens with one attached hydrogen (secondary N) is 1. The highest BCUT2D eigenvalue weighted by atomic mass is 32.1. The molecule has 0 aliphatic carbocycles. The molecule has 20 heavy (non-hydrogen) atoms. The smallest absolute Gasteiger partial charge is 0.263 e. The number of nitrogens with zero attached hydrogens (tertiary/aromatic N) is 2. The molecule has 2 aromatic heterocycles. The zero-order valence-electron chi connectivity index (χ0n) is 12.0. The average molecular weight is 310 g/mol. The number of hydrogen-bond donors (Lipinski definition) is 2. The van der Waals surface area contributed by atoms with Crippen molar-refractivity contribution in [2.75, 3.05) is 5.73 Å². The van der Waals surface area contributed by atoms with Crippen LogP contribution in [0.1, 0.15) is 50.3 Å². The number of nitrogens with two attached hydrogens (primary N) is 1. The zero-order valence-corrected chi connectivity index (χ0v) is 13.6. The fourth-order valence-corrected chi connectivity index (χ4v) is 3.63. The van der Waals surface area contributed by atoms with Gasteiger partial charge in [0.05, 0.1) is 17.4 Å². The number of thiazole rings is 2. The number of carbonyl (C=O) groups excluding carboxylic acids is 1. The summed E-state index contributed by atoms with van der Waals surface area (Å²) in [5, 5.41) is 4.39. The van der Waals surface area contributed by atoms with Gasteiger partial charge in [0.2, 0.25) is 0 Å². The standard InChI is InChI=1S/C13H18N4OS2/c1-5-9(12-15-6(2)8(4)19-12)17-11(18)10-7(3)16-13(14)20-10/h9H,5H2,1-4H3,(H2,14,16)(H,17,18)/t9-/m1/s1. The number of anilines is 1. The zero-order chi connectivity index (χ0) is 14.9. The summed E-state index contributed by atoms with van der Waals surface area (Å²) in [6.07, 6.45) is 0.797. The molecule has 1 atom stereocenters. The SMILES string of the molecule is CC[C@@H](NC(=O)c1sc(N)nc1C)c1nc(C)c(C)s1. The topological polar surface area (TPSA) is 80.9 Å². The van der Waals surface area contributed by atoms with Gasteiger partial charge in [-0.15, -0.1) is 11.3 Å². The van der Waals surface area contributed by atoms with Crippen molar-refractivity contribution in [1.29, 1.82) is 0 Å². The average Bonchev–Trinajstić information content (AvgIpc) is 2.89. The molecule has 108 valence electrons. The highest BCUT2D eigenvalue weighted by molar-refractivity contribution is 7.17. The number of hydrogen-bond acceptors (Lipinski definition) is 6. The number of nitrogen functional groups attached to an aromatic ring is 1. The first-order valence-electron chi connectivity index (χ1n) is 6.40. The van der Waals surface area contributed by atoms with Crippen LogP contribution in [0.2, 0.25) is 0 Å². The number of rotatable bonds is 4. The lowest BCUT2D eigenvalue weighted by molar-refractivity contribution is 0.0939. The maximum absolute atomic E-state index is 12.3. The molecule has 2 rings (SSSR count). The molecule has 0 radical (unpaired) electrons. The quantitative estimate of drug-likeness (QED) is 0.909. The molecular formula is C13H18N4OS2. The van der Waals surface area contributed by atoms with Crippen molar-refractivity contribution in [3.8, 4) is 0 Å². The third kappa shape index (κ3) is 2.99. The van der Waals surface area contributed by atoms with Gasteiger partial charge < -0.3 is 11.1 Å². The molecule has 0 bridgehead atoms. The maximum Gasteiger partial charge on any atom is 0.263 e. The Hall–Kier alpha value is -1.47.